The highest BCUT2D eigenvalue weighted by molar-refractivity contribution is 5.98. The number of nitrogens with one attached hydrogen (secondary N) is 2. The zero-order valence-electron chi connectivity index (χ0n) is 12.5. The molecule has 1 heterocycles. The predicted octanol–water partition coefficient (Wildman–Crippen LogP) is 2.47. The van der Waals surface area contributed by atoms with Crippen LogP contribution in [0.3, 0.4) is 0 Å². The molecule has 21 heavy (non-hydrogen) atoms. The number of rotatable bonds is 3. The molecule has 2 rings (SSSR count). The average molecular weight is 288 g/mol. The van der Waals surface area contributed by atoms with E-state index in [9.17, 15) is 9.59 Å². The third-order valence-corrected chi connectivity index (χ3v) is 2.89. The van der Waals surface area contributed by atoms with Crippen molar-refractivity contribution in [3.05, 3.63) is 41.0 Å². The second kappa shape index (κ2) is 5.99. The quantitative estimate of drug-likeness (QED) is 0.898. The van der Waals surface area contributed by atoms with Gasteiger partial charge in [-0.25, -0.2) is 4.79 Å². The second-order valence-corrected chi connectivity index (χ2v) is 5.88. The van der Waals surface area contributed by atoms with Gasteiger partial charge in [0.25, 0.3) is 5.91 Å². The van der Waals surface area contributed by atoms with Gasteiger partial charge >= 0.3 is 6.09 Å². The van der Waals surface area contributed by atoms with Crippen molar-refractivity contribution in [2.75, 3.05) is 6.54 Å². The molecule has 0 spiro atoms. The Kier molecular flexibility index (Phi) is 4.31. The highest BCUT2D eigenvalue weighted by Gasteiger charge is 2.18. The molecular formula is C16H20N2O3. The molecule has 112 valence electrons. The monoisotopic (exact) mass is 288 g/mol. The van der Waals surface area contributed by atoms with Gasteiger partial charge in [0.1, 0.15) is 5.60 Å². The first kappa shape index (κ1) is 15.1. The first-order valence-electron chi connectivity index (χ1n) is 6.90. The van der Waals surface area contributed by atoms with E-state index in [1.165, 1.54) is 0 Å². The van der Waals surface area contributed by atoms with Gasteiger partial charge < -0.3 is 15.4 Å². The first-order valence-corrected chi connectivity index (χ1v) is 6.90. The fourth-order valence-corrected chi connectivity index (χ4v) is 1.99. The van der Waals surface area contributed by atoms with Crippen LogP contribution in [0, 0.1) is 0 Å². The normalized spacial score (nSPS) is 14.0. The van der Waals surface area contributed by atoms with Crippen LogP contribution in [0.4, 0.5) is 4.79 Å². The zero-order valence-corrected chi connectivity index (χ0v) is 12.5. The number of hydrogen-bond donors (Lipinski definition) is 2. The van der Waals surface area contributed by atoms with Crippen LogP contribution < -0.4 is 10.6 Å². The molecule has 5 nitrogen and oxygen atoms in total. The van der Waals surface area contributed by atoms with Gasteiger partial charge in [0.05, 0.1) is 0 Å². The Morgan fingerprint density at radius 3 is 2.90 bits per heavy atom. The number of alkyl carbamates (subject to hydrolysis) is 1. The molecule has 1 aromatic carbocycles. The topological polar surface area (TPSA) is 67.4 Å². The van der Waals surface area contributed by atoms with Crippen molar-refractivity contribution >= 4 is 18.1 Å². The van der Waals surface area contributed by atoms with Crippen molar-refractivity contribution < 1.29 is 14.3 Å². The molecule has 0 saturated carbocycles. The lowest BCUT2D eigenvalue weighted by molar-refractivity contribution is 0.0534. The average Bonchev–Trinajstić information content (AvgIpc) is 2.74. The summed E-state index contributed by atoms with van der Waals surface area (Å²) in [6.45, 7) is 6.42. The molecule has 0 bridgehead atoms. The lowest BCUT2D eigenvalue weighted by Gasteiger charge is -2.19. The molecule has 1 aliphatic heterocycles. The predicted molar refractivity (Wildman–Crippen MR) is 80.9 cm³/mol. The first-order chi connectivity index (χ1) is 9.85. The number of ether oxygens (including phenoxy) is 1. The van der Waals surface area contributed by atoms with Crippen LogP contribution >= 0.6 is 0 Å². The van der Waals surface area contributed by atoms with Crippen molar-refractivity contribution in [2.45, 2.75) is 32.9 Å². The molecule has 0 atom stereocenters. The largest absolute Gasteiger partial charge is 0.444 e. The molecular weight excluding hydrogens is 268 g/mol. The Balaban J connectivity index is 1.87. The highest BCUT2D eigenvalue weighted by atomic mass is 16.6. The molecule has 1 aromatic rings. The molecule has 1 aliphatic rings. The van der Waals surface area contributed by atoms with Crippen LogP contribution in [0.5, 0.6) is 0 Å². The summed E-state index contributed by atoms with van der Waals surface area (Å²) in [5, 5.41) is 5.42. The van der Waals surface area contributed by atoms with Crippen LogP contribution in [0.25, 0.3) is 6.08 Å². The third kappa shape index (κ3) is 4.34. The van der Waals surface area contributed by atoms with E-state index in [1.807, 2.05) is 51.1 Å². The number of amides is 2. The van der Waals surface area contributed by atoms with Gasteiger partial charge in [-0.1, -0.05) is 24.3 Å². The number of carbonyl (C=O) groups excluding carboxylic acids is 2. The second-order valence-electron chi connectivity index (χ2n) is 5.88. The minimum Gasteiger partial charge on any atom is -0.444 e. The number of carbonyl (C=O) groups is 2. The Bertz CT molecular complexity index is 586. The smallest absolute Gasteiger partial charge is 0.407 e. The van der Waals surface area contributed by atoms with Crippen LogP contribution in [0.15, 0.2) is 24.3 Å². The van der Waals surface area contributed by atoms with Gasteiger partial charge in [-0.05, 0) is 38.0 Å². The van der Waals surface area contributed by atoms with Crippen molar-refractivity contribution in [1.29, 1.82) is 0 Å². The summed E-state index contributed by atoms with van der Waals surface area (Å²) in [6, 6.07) is 5.74. The summed E-state index contributed by atoms with van der Waals surface area (Å²) >= 11 is 0. The van der Waals surface area contributed by atoms with E-state index in [1.54, 1.807) is 0 Å². The zero-order chi connectivity index (χ0) is 15.5. The summed E-state index contributed by atoms with van der Waals surface area (Å²) in [4.78, 5) is 23.0. The minimum absolute atomic E-state index is 0.0351. The molecule has 2 amide bonds. The third-order valence-electron chi connectivity index (χ3n) is 2.89. The maximum atomic E-state index is 11.6. The van der Waals surface area contributed by atoms with E-state index in [2.05, 4.69) is 10.6 Å². The van der Waals surface area contributed by atoms with Crippen molar-refractivity contribution in [2.24, 2.45) is 0 Å². The summed E-state index contributed by atoms with van der Waals surface area (Å²) in [7, 11) is 0. The fraction of sp³-hybridized carbons (Fsp3) is 0.375. The summed E-state index contributed by atoms with van der Waals surface area (Å²) in [5.74, 6) is -0.0351. The van der Waals surface area contributed by atoms with E-state index in [-0.39, 0.29) is 5.91 Å². The SMILES string of the molecule is CC(C)(C)OC(=O)NCC=Cc1ccc2c(c1)C(=O)NC2. The lowest BCUT2D eigenvalue weighted by atomic mass is 10.1. The Morgan fingerprint density at radius 1 is 1.43 bits per heavy atom. The Morgan fingerprint density at radius 2 is 2.19 bits per heavy atom. The Labute approximate surface area is 124 Å². The van der Waals surface area contributed by atoms with E-state index >= 15 is 0 Å². The van der Waals surface area contributed by atoms with Crippen molar-refractivity contribution in [1.82, 2.24) is 10.6 Å². The summed E-state index contributed by atoms with van der Waals surface area (Å²) < 4.78 is 5.13. The van der Waals surface area contributed by atoms with Crippen LogP contribution in [-0.2, 0) is 11.3 Å². The van der Waals surface area contributed by atoms with E-state index in [0.29, 0.717) is 13.1 Å². The molecule has 0 aliphatic carbocycles. The van der Waals surface area contributed by atoms with Crippen LogP contribution in [0.1, 0.15) is 42.3 Å². The Hall–Kier alpha value is -2.30. The van der Waals surface area contributed by atoms with Crippen LogP contribution in [-0.4, -0.2) is 24.1 Å². The van der Waals surface area contributed by atoms with Crippen LogP contribution in [0.2, 0.25) is 0 Å². The summed E-state index contributed by atoms with van der Waals surface area (Å²) in [6.07, 6.45) is 3.24. The van der Waals surface area contributed by atoms with Gasteiger partial charge in [-0.2, -0.15) is 0 Å². The standard InChI is InChI=1S/C16H20N2O3/c1-16(2,3)21-15(20)17-8-4-5-11-6-7-12-10-18-14(19)13(12)9-11/h4-7,9H,8,10H2,1-3H3,(H,17,20)(H,18,19). The minimum atomic E-state index is -0.499. The molecule has 2 N–H and O–H groups in total. The number of benzene rings is 1. The number of hydrogen-bond acceptors (Lipinski definition) is 3. The van der Waals surface area contributed by atoms with Gasteiger partial charge in [-0.15, -0.1) is 0 Å². The molecule has 0 saturated heterocycles. The molecule has 0 radical (unpaired) electrons. The van der Waals surface area contributed by atoms with E-state index < -0.39 is 11.7 Å². The maximum Gasteiger partial charge on any atom is 0.407 e. The maximum absolute atomic E-state index is 11.6. The van der Waals surface area contributed by atoms with Gasteiger partial charge in [0.15, 0.2) is 0 Å². The van der Waals surface area contributed by atoms with E-state index in [0.717, 1.165) is 16.7 Å². The van der Waals surface area contributed by atoms with Gasteiger partial charge in [0.2, 0.25) is 0 Å². The molecule has 0 fully saturated rings. The highest BCUT2D eigenvalue weighted by Crippen LogP contribution is 2.17. The summed E-state index contributed by atoms with van der Waals surface area (Å²) in [5.41, 5.74) is 2.17. The van der Waals surface area contributed by atoms with Gasteiger partial charge in [0, 0.05) is 18.7 Å². The van der Waals surface area contributed by atoms with Crippen molar-refractivity contribution in [3.63, 3.8) is 0 Å². The molecule has 5 heteroatoms. The lowest BCUT2D eigenvalue weighted by Crippen LogP contribution is -2.32. The van der Waals surface area contributed by atoms with Crippen molar-refractivity contribution in [3.8, 4) is 0 Å². The number of fused-ring (bicyclic) bond motifs is 1. The molecule has 0 aromatic heterocycles. The fourth-order valence-electron chi connectivity index (χ4n) is 1.99. The molecule has 0 unspecified atom stereocenters. The van der Waals surface area contributed by atoms with E-state index in [4.69, 9.17) is 4.74 Å². The van der Waals surface area contributed by atoms with Gasteiger partial charge in [-0.3, -0.25) is 4.79 Å².